The summed E-state index contributed by atoms with van der Waals surface area (Å²) in [6, 6.07) is 22.0. The largest absolute Gasteiger partial charge is 0.508 e. The Morgan fingerprint density at radius 2 is 1.73 bits per heavy atom. The summed E-state index contributed by atoms with van der Waals surface area (Å²) in [5.41, 5.74) is 2.21. The predicted octanol–water partition coefficient (Wildman–Crippen LogP) is 5.34. The number of nitriles is 1. The van der Waals surface area contributed by atoms with Crippen LogP contribution < -0.4 is 4.90 Å². The Labute approximate surface area is 204 Å². The van der Waals surface area contributed by atoms with Crippen molar-refractivity contribution in [3.05, 3.63) is 93.5 Å². The normalized spacial score (nSPS) is 18.5. The molecule has 0 radical (unpaired) electrons. The molecular weight excluding hydrogens is 457 g/mol. The molecule has 0 spiro atoms. The highest BCUT2D eigenvalue weighted by Gasteiger charge is 2.34. The van der Waals surface area contributed by atoms with Crippen LogP contribution in [0.5, 0.6) is 5.75 Å². The minimum Gasteiger partial charge on any atom is -0.508 e. The highest BCUT2D eigenvalue weighted by atomic mass is 35.5. The minimum atomic E-state index is -1.07. The summed E-state index contributed by atoms with van der Waals surface area (Å²) >= 11 is 12.6. The van der Waals surface area contributed by atoms with E-state index in [9.17, 15) is 10.2 Å². The second-order valence-electron chi connectivity index (χ2n) is 8.59. The molecular formula is C26H25Cl2N3O2. The van der Waals surface area contributed by atoms with Crippen molar-refractivity contribution in [1.29, 1.82) is 5.26 Å². The summed E-state index contributed by atoms with van der Waals surface area (Å²) in [4.78, 5) is 4.47. The molecule has 4 rings (SSSR count). The molecule has 33 heavy (non-hydrogen) atoms. The number of nitrogens with zero attached hydrogens (tertiary/aromatic N) is 3. The van der Waals surface area contributed by atoms with Gasteiger partial charge in [-0.3, -0.25) is 4.90 Å². The van der Waals surface area contributed by atoms with Crippen molar-refractivity contribution in [2.75, 3.05) is 31.1 Å². The summed E-state index contributed by atoms with van der Waals surface area (Å²) < 4.78 is 0. The first-order chi connectivity index (χ1) is 15.8. The van der Waals surface area contributed by atoms with E-state index in [0.717, 1.165) is 23.4 Å². The topological polar surface area (TPSA) is 70.7 Å². The molecule has 0 unspecified atom stereocenters. The molecule has 0 aliphatic carbocycles. The Morgan fingerprint density at radius 3 is 2.36 bits per heavy atom. The highest BCUT2D eigenvalue weighted by Crippen LogP contribution is 2.37. The Morgan fingerprint density at radius 1 is 1.03 bits per heavy atom. The number of piperazine rings is 1. The van der Waals surface area contributed by atoms with Gasteiger partial charge in [0.1, 0.15) is 5.75 Å². The second-order valence-corrected chi connectivity index (χ2v) is 9.44. The molecule has 1 heterocycles. The van der Waals surface area contributed by atoms with E-state index < -0.39 is 5.60 Å². The van der Waals surface area contributed by atoms with Gasteiger partial charge in [-0.25, -0.2) is 0 Å². The van der Waals surface area contributed by atoms with Crippen LogP contribution in [0, 0.1) is 11.3 Å². The zero-order valence-corrected chi connectivity index (χ0v) is 19.8. The van der Waals surface area contributed by atoms with Gasteiger partial charge in [-0.05, 0) is 54.4 Å². The van der Waals surface area contributed by atoms with Crippen molar-refractivity contribution >= 4 is 28.9 Å². The molecule has 0 bridgehead atoms. The van der Waals surface area contributed by atoms with Gasteiger partial charge in [0.2, 0.25) is 0 Å². The third-order valence-electron chi connectivity index (χ3n) is 6.13. The fourth-order valence-corrected chi connectivity index (χ4v) is 4.81. The fraction of sp³-hybridized carbons (Fsp3) is 0.269. The van der Waals surface area contributed by atoms with E-state index in [2.05, 4.69) is 15.9 Å². The lowest BCUT2D eigenvalue weighted by Crippen LogP contribution is -2.52. The van der Waals surface area contributed by atoms with Crippen molar-refractivity contribution in [2.45, 2.75) is 18.6 Å². The summed E-state index contributed by atoms with van der Waals surface area (Å²) in [7, 11) is 0. The zero-order valence-electron chi connectivity index (χ0n) is 18.2. The molecule has 0 saturated carbocycles. The number of rotatable bonds is 5. The molecule has 0 amide bonds. The maximum absolute atomic E-state index is 11.2. The standard InChI is InChI=1S/C26H25Cl2N3O2/c1-26(33,20-6-2-18(15-29)3-7-20)17-30-12-13-31(24-11-10-22(32)14-23(24)28)25(16-30)19-4-8-21(27)9-5-19/h2-11,14,25,32-33H,12-13,16-17H2,1H3/t25-,26+/m0/s1. The average molecular weight is 482 g/mol. The van der Waals surface area contributed by atoms with Crippen LogP contribution in [0.25, 0.3) is 0 Å². The minimum absolute atomic E-state index is 0.0187. The number of anilines is 1. The summed E-state index contributed by atoms with van der Waals surface area (Å²) in [5.74, 6) is 0.129. The van der Waals surface area contributed by atoms with Crippen molar-refractivity contribution in [2.24, 2.45) is 0 Å². The van der Waals surface area contributed by atoms with Gasteiger partial charge >= 0.3 is 0 Å². The van der Waals surface area contributed by atoms with Crippen molar-refractivity contribution in [3.8, 4) is 11.8 Å². The van der Waals surface area contributed by atoms with Crippen LogP contribution in [0.1, 0.15) is 29.7 Å². The molecule has 1 saturated heterocycles. The van der Waals surface area contributed by atoms with Crippen molar-refractivity contribution in [3.63, 3.8) is 0 Å². The van der Waals surface area contributed by atoms with Crippen LogP contribution in [0.2, 0.25) is 10.0 Å². The van der Waals surface area contributed by atoms with Crippen molar-refractivity contribution in [1.82, 2.24) is 4.90 Å². The Balaban J connectivity index is 1.60. The lowest BCUT2D eigenvalue weighted by atomic mass is 9.93. The molecule has 7 heteroatoms. The Hall–Kier alpha value is -2.75. The zero-order chi connectivity index (χ0) is 23.6. The van der Waals surface area contributed by atoms with E-state index in [4.69, 9.17) is 28.5 Å². The average Bonchev–Trinajstić information content (AvgIpc) is 2.80. The van der Waals surface area contributed by atoms with Gasteiger partial charge in [0.15, 0.2) is 0 Å². The number of aliphatic hydroxyl groups is 1. The summed E-state index contributed by atoms with van der Waals surface area (Å²) in [6.07, 6.45) is 0. The predicted molar refractivity (Wildman–Crippen MR) is 132 cm³/mol. The molecule has 2 atom stereocenters. The van der Waals surface area contributed by atoms with Crippen LogP contribution in [-0.2, 0) is 5.60 Å². The molecule has 0 aromatic heterocycles. The maximum Gasteiger partial charge on any atom is 0.117 e. The first-order valence-corrected chi connectivity index (χ1v) is 11.5. The molecule has 2 N–H and O–H groups in total. The SMILES string of the molecule is C[C@@](O)(CN1CCN(c2ccc(O)cc2Cl)[C@H](c2ccc(Cl)cc2)C1)c1ccc(C#N)cc1. The lowest BCUT2D eigenvalue weighted by Gasteiger charge is -2.45. The van der Waals surface area contributed by atoms with Crippen molar-refractivity contribution < 1.29 is 10.2 Å². The quantitative estimate of drug-likeness (QED) is 0.514. The number of halogens is 2. The third kappa shape index (κ3) is 5.26. The smallest absolute Gasteiger partial charge is 0.117 e. The Kier molecular flexibility index (Phi) is 6.83. The monoisotopic (exact) mass is 481 g/mol. The maximum atomic E-state index is 11.2. The van der Waals surface area contributed by atoms with Crippen LogP contribution in [0.3, 0.4) is 0 Å². The molecule has 3 aromatic carbocycles. The van der Waals surface area contributed by atoms with Gasteiger partial charge in [0.25, 0.3) is 0 Å². The highest BCUT2D eigenvalue weighted by molar-refractivity contribution is 6.33. The van der Waals surface area contributed by atoms with E-state index in [0.29, 0.717) is 35.2 Å². The van der Waals surface area contributed by atoms with Gasteiger partial charge < -0.3 is 15.1 Å². The molecule has 1 fully saturated rings. The number of aromatic hydroxyl groups is 1. The number of phenols is 1. The van der Waals surface area contributed by atoms with E-state index >= 15 is 0 Å². The van der Waals surface area contributed by atoms with Gasteiger partial charge in [-0.1, -0.05) is 47.5 Å². The van der Waals surface area contributed by atoms with Gasteiger partial charge in [0, 0.05) is 37.3 Å². The molecule has 5 nitrogen and oxygen atoms in total. The molecule has 1 aliphatic rings. The summed E-state index contributed by atoms with van der Waals surface area (Å²) in [5, 5.41) is 31.2. The first kappa shape index (κ1) is 23.4. The lowest BCUT2D eigenvalue weighted by molar-refractivity contribution is 0.0103. The van der Waals surface area contributed by atoms with Gasteiger partial charge in [0.05, 0.1) is 34.0 Å². The number of benzene rings is 3. The van der Waals surface area contributed by atoms with Crippen LogP contribution in [-0.4, -0.2) is 41.3 Å². The molecule has 1 aliphatic heterocycles. The third-order valence-corrected chi connectivity index (χ3v) is 6.68. The number of hydrogen-bond acceptors (Lipinski definition) is 5. The number of phenolic OH excluding ortho intramolecular Hbond substituents is 1. The van der Waals surface area contributed by atoms with Crippen LogP contribution >= 0.6 is 23.2 Å². The molecule has 3 aromatic rings. The van der Waals surface area contributed by atoms with Crippen LogP contribution in [0.15, 0.2) is 66.7 Å². The summed E-state index contributed by atoms with van der Waals surface area (Å²) in [6.45, 7) is 4.34. The fourth-order valence-electron chi connectivity index (χ4n) is 4.40. The number of β-amino-alcohol motifs (C(OH)–C–C–N with tert-alkyl or cyclic N) is 1. The van der Waals surface area contributed by atoms with E-state index in [1.807, 2.05) is 42.5 Å². The number of hydrogen-bond donors (Lipinski definition) is 2. The second kappa shape index (κ2) is 9.62. The van der Waals surface area contributed by atoms with Gasteiger partial charge in [-0.15, -0.1) is 0 Å². The Bertz CT molecular complexity index is 1160. The first-order valence-electron chi connectivity index (χ1n) is 10.7. The molecule has 170 valence electrons. The van der Waals surface area contributed by atoms with Gasteiger partial charge in [-0.2, -0.15) is 5.26 Å². The van der Waals surface area contributed by atoms with E-state index in [1.165, 1.54) is 0 Å². The van der Waals surface area contributed by atoms with E-state index in [-0.39, 0.29) is 11.8 Å². The van der Waals surface area contributed by atoms with Crippen LogP contribution in [0.4, 0.5) is 5.69 Å². The van der Waals surface area contributed by atoms with E-state index in [1.54, 1.807) is 31.2 Å².